The van der Waals surface area contributed by atoms with Gasteiger partial charge in [-0.2, -0.15) is 0 Å². The van der Waals surface area contributed by atoms with E-state index in [1.807, 2.05) is 0 Å². The van der Waals surface area contributed by atoms with Crippen molar-refractivity contribution in [3.05, 3.63) is 35.4 Å². The van der Waals surface area contributed by atoms with Crippen molar-refractivity contribution >= 4 is 0 Å². The van der Waals surface area contributed by atoms with Crippen molar-refractivity contribution < 1.29 is 0 Å². The van der Waals surface area contributed by atoms with Gasteiger partial charge >= 0.3 is 0 Å². The summed E-state index contributed by atoms with van der Waals surface area (Å²) in [5.74, 6) is 4.01. The van der Waals surface area contributed by atoms with Crippen LogP contribution in [0.5, 0.6) is 0 Å². The molecule has 1 aliphatic rings. The molecule has 2 rings (SSSR count). The summed E-state index contributed by atoms with van der Waals surface area (Å²) in [6.07, 6.45) is 9.29. The number of hydrogen-bond acceptors (Lipinski definition) is 0. The fourth-order valence-electron chi connectivity index (χ4n) is 2.37. The maximum atomic E-state index is 5.54. The first-order valence-electron chi connectivity index (χ1n) is 5.34. The first kappa shape index (κ1) is 9.34. The number of benzene rings is 1. The van der Waals surface area contributed by atoms with Gasteiger partial charge < -0.3 is 0 Å². The lowest BCUT2D eigenvalue weighted by atomic mass is 9.89. The Bertz CT molecular complexity index is 339. The highest BCUT2D eigenvalue weighted by Gasteiger charge is 2.26. The van der Waals surface area contributed by atoms with Crippen molar-refractivity contribution in [1.82, 2.24) is 0 Å². The van der Waals surface area contributed by atoms with Crippen LogP contribution in [0.25, 0.3) is 0 Å². The molecule has 0 nitrogen and oxygen atoms in total. The fourth-order valence-corrected chi connectivity index (χ4v) is 2.37. The second-order valence-electron chi connectivity index (χ2n) is 4.22. The minimum Gasteiger partial charge on any atom is -0.120 e. The van der Waals surface area contributed by atoms with E-state index in [0.29, 0.717) is 11.8 Å². The van der Waals surface area contributed by atoms with E-state index in [4.69, 9.17) is 6.42 Å². The van der Waals surface area contributed by atoms with Crippen LogP contribution in [0.3, 0.4) is 0 Å². The van der Waals surface area contributed by atoms with E-state index in [0.717, 1.165) is 0 Å². The quantitative estimate of drug-likeness (QED) is 0.586. The molecule has 1 saturated carbocycles. The lowest BCUT2D eigenvalue weighted by Gasteiger charge is -2.14. The normalized spacial score (nSPS) is 26.0. The summed E-state index contributed by atoms with van der Waals surface area (Å²) in [6, 6.07) is 8.83. The van der Waals surface area contributed by atoms with E-state index in [1.54, 1.807) is 0 Å². The van der Waals surface area contributed by atoms with Gasteiger partial charge in [0.1, 0.15) is 0 Å². The van der Waals surface area contributed by atoms with E-state index >= 15 is 0 Å². The summed E-state index contributed by atoms with van der Waals surface area (Å²) in [6.45, 7) is 2.12. The standard InChI is InChI=1S/C14H16/c1-3-12-5-4-6-14(12)13-9-7-11(2)8-10-13/h1,7-10,12,14H,4-6H2,2H3/t12-,14+/m1/s1. The average Bonchev–Trinajstić information content (AvgIpc) is 2.67. The zero-order chi connectivity index (χ0) is 9.97. The summed E-state index contributed by atoms with van der Waals surface area (Å²) in [5.41, 5.74) is 2.75. The van der Waals surface area contributed by atoms with Crippen LogP contribution in [0.4, 0.5) is 0 Å². The fraction of sp³-hybridized carbons (Fsp3) is 0.429. The highest BCUT2D eigenvalue weighted by atomic mass is 14.3. The monoisotopic (exact) mass is 184 g/mol. The third-order valence-corrected chi connectivity index (χ3v) is 3.24. The Labute approximate surface area is 86.3 Å². The molecule has 0 bridgehead atoms. The first-order chi connectivity index (χ1) is 6.81. The van der Waals surface area contributed by atoms with Gasteiger partial charge in [0.2, 0.25) is 0 Å². The highest BCUT2D eigenvalue weighted by Crippen LogP contribution is 2.38. The number of rotatable bonds is 1. The molecule has 72 valence electrons. The van der Waals surface area contributed by atoms with Crippen LogP contribution in [0.15, 0.2) is 24.3 Å². The van der Waals surface area contributed by atoms with Crippen molar-refractivity contribution in [2.24, 2.45) is 5.92 Å². The van der Waals surface area contributed by atoms with Crippen LogP contribution >= 0.6 is 0 Å². The second kappa shape index (κ2) is 3.88. The molecule has 0 aliphatic heterocycles. The molecule has 0 radical (unpaired) electrons. The Hall–Kier alpha value is -1.22. The predicted octanol–water partition coefficient (Wildman–Crippen LogP) is 3.51. The van der Waals surface area contributed by atoms with Gasteiger partial charge in [0.25, 0.3) is 0 Å². The molecular weight excluding hydrogens is 168 g/mol. The Morgan fingerprint density at radius 3 is 2.57 bits per heavy atom. The highest BCUT2D eigenvalue weighted by molar-refractivity contribution is 5.27. The maximum absolute atomic E-state index is 5.54. The Morgan fingerprint density at radius 2 is 1.93 bits per heavy atom. The van der Waals surface area contributed by atoms with Crippen molar-refractivity contribution in [2.75, 3.05) is 0 Å². The molecule has 2 atom stereocenters. The molecule has 0 aromatic heterocycles. The van der Waals surface area contributed by atoms with Crippen LogP contribution in [0.2, 0.25) is 0 Å². The molecule has 0 saturated heterocycles. The molecule has 1 fully saturated rings. The molecule has 0 N–H and O–H groups in total. The van der Waals surface area contributed by atoms with E-state index in [-0.39, 0.29) is 0 Å². The molecule has 1 aromatic carbocycles. The van der Waals surface area contributed by atoms with Gasteiger partial charge in [-0.15, -0.1) is 12.3 Å². The molecule has 1 aliphatic carbocycles. The van der Waals surface area contributed by atoms with Gasteiger partial charge in [-0.25, -0.2) is 0 Å². The third kappa shape index (κ3) is 1.68. The zero-order valence-electron chi connectivity index (χ0n) is 8.66. The lowest BCUT2D eigenvalue weighted by molar-refractivity contribution is 0.610. The molecule has 0 unspecified atom stereocenters. The van der Waals surface area contributed by atoms with Crippen LogP contribution in [0.1, 0.15) is 36.3 Å². The number of terminal acetylenes is 1. The Balaban J connectivity index is 2.23. The topological polar surface area (TPSA) is 0 Å². The van der Waals surface area contributed by atoms with Gasteiger partial charge in [0.05, 0.1) is 0 Å². The molecule has 0 heterocycles. The minimum atomic E-state index is 0.470. The third-order valence-electron chi connectivity index (χ3n) is 3.24. The van der Waals surface area contributed by atoms with Crippen LogP contribution in [-0.2, 0) is 0 Å². The van der Waals surface area contributed by atoms with Crippen LogP contribution in [-0.4, -0.2) is 0 Å². The number of hydrogen-bond donors (Lipinski definition) is 0. The molecule has 0 spiro atoms. The van der Waals surface area contributed by atoms with E-state index in [2.05, 4.69) is 37.1 Å². The molecule has 0 heteroatoms. The van der Waals surface area contributed by atoms with Gasteiger partial charge in [0, 0.05) is 5.92 Å². The van der Waals surface area contributed by atoms with Crippen LogP contribution < -0.4 is 0 Å². The Morgan fingerprint density at radius 1 is 1.21 bits per heavy atom. The van der Waals surface area contributed by atoms with Gasteiger partial charge in [-0.1, -0.05) is 36.2 Å². The zero-order valence-corrected chi connectivity index (χ0v) is 8.66. The maximum Gasteiger partial charge on any atom is 0.0268 e. The molecule has 14 heavy (non-hydrogen) atoms. The van der Waals surface area contributed by atoms with Crippen LogP contribution in [0, 0.1) is 25.2 Å². The average molecular weight is 184 g/mol. The SMILES string of the molecule is C#C[C@@H]1CCC[C@@H]1c1ccc(C)cc1. The van der Waals surface area contributed by atoms with Crippen molar-refractivity contribution in [2.45, 2.75) is 32.1 Å². The summed E-state index contributed by atoms with van der Waals surface area (Å²) < 4.78 is 0. The molecular formula is C14H16. The van der Waals surface area contributed by atoms with Crippen molar-refractivity contribution in [3.8, 4) is 12.3 Å². The summed E-state index contributed by atoms with van der Waals surface area (Å²) in [7, 11) is 0. The van der Waals surface area contributed by atoms with Crippen molar-refractivity contribution in [3.63, 3.8) is 0 Å². The van der Waals surface area contributed by atoms with Gasteiger partial charge in [-0.3, -0.25) is 0 Å². The summed E-state index contributed by atoms with van der Waals surface area (Å²) >= 11 is 0. The van der Waals surface area contributed by atoms with Gasteiger partial charge in [-0.05, 0) is 31.2 Å². The largest absolute Gasteiger partial charge is 0.120 e. The molecule has 1 aromatic rings. The predicted molar refractivity (Wildman–Crippen MR) is 60.1 cm³/mol. The smallest absolute Gasteiger partial charge is 0.0268 e. The van der Waals surface area contributed by atoms with E-state index < -0.39 is 0 Å². The van der Waals surface area contributed by atoms with E-state index in [9.17, 15) is 0 Å². The molecule has 0 amide bonds. The first-order valence-corrected chi connectivity index (χ1v) is 5.34. The summed E-state index contributed by atoms with van der Waals surface area (Å²) in [5, 5.41) is 0. The number of aryl methyl sites for hydroxylation is 1. The minimum absolute atomic E-state index is 0.470. The Kier molecular flexibility index (Phi) is 2.59. The van der Waals surface area contributed by atoms with Gasteiger partial charge in [0.15, 0.2) is 0 Å². The lowest BCUT2D eigenvalue weighted by Crippen LogP contribution is -2.03. The second-order valence-corrected chi connectivity index (χ2v) is 4.22. The van der Waals surface area contributed by atoms with Crippen molar-refractivity contribution in [1.29, 1.82) is 0 Å². The summed E-state index contributed by atoms with van der Waals surface area (Å²) in [4.78, 5) is 0. The van der Waals surface area contributed by atoms with E-state index in [1.165, 1.54) is 30.4 Å².